The van der Waals surface area contributed by atoms with Crippen molar-refractivity contribution in [3.63, 3.8) is 0 Å². The van der Waals surface area contributed by atoms with E-state index in [4.69, 9.17) is 0 Å². The van der Waals surface area contributed by atoms with Crippen LogP contribution in [0.15, 0.2) is 72.9 Å². The van der Waals surface area contributed by atoms with E-state index >= 15 is 0 Å². The van der Waals surface area contributed by atoms with Gasteiger partial charge in [-0.1, -0.05) is 190 Å². The molecular formula is C55H102N+. The second-order valence-electron chi connectivity index (χ2n) is 17.5. The molecule has 0 atom stereocenters. The summed E-state index contributed by atoms with van der Waals surface area (Å²) >= 11 is 0. The Kier molecular flexibility index (Phi) is 46.4. The summed E-state index contributed by atoms with van der Waals surface area (Å²) in [5.74, 6) is 0. The van der Waals surface area contributed by atoms with Crippen molar-refractivity contribution < 1.29 is 4.48 Å². The van der Waals surface area contributed by atoms with Crippen molar-refractivity contribution >= 4 is 0 Å². The van der Waals surface area contributed by atoms with Gasteiger partial charge in [-0.05, 0) is 135 Å². The first-order chi connectivity index (χ1) is 27.7. The van der Waals surface area contributed by atoms with Crippen LogP contribution >= 0.6 is 0 Å². The maximum Gasteiger partial charge on any atom is 0.0784 e. The van der Waals surface area contributed by atoms with Crippen LogP contribution in [0.1, 0.15) is 252 Å². The highest BCUT2D eigenvalue weighted by atomic mass is 15.3. The lowest BCUT2D eigenvalue weighted by atomic mass is 10.1. The Balaban J connectivity index is 4.26. The largest absolute Gasteiger partial charge is 0.326 e. The molecule has 0 aromatic heterocycles. The Morgan fingerprint density at radius 2 is 0.429 bits per heavy atom. The van der Waals surface area contributed by atoms with Crippen LogP contribution in [0, 0.1) is 0 Å². The molecule has 0 aliphatic heterocycles. The molecule has 0 saturated carbocycles. The van der Waals surface area contributed by atoms with Crippen molar-refractivity contribution in [3.8, 4) is 0 Å². The molecule has 56 heavy (non-hydrogen) atoms. The van der Waals surface area contributed by atoms with E-state index in [9.17, 15) is 0 Å². The Morgan fingerprint density at radius 1 is 0.232 bits per heavy atom. The van der Waals surface area contributed by atoms with Crippen molar-refractivity contribution in [1.82, 2.24) is 0 Å². The Morgan fingerprint density at radius 3 is 0.661 bits per heavy atom. The monoisotopic (exact) mass is 777 g/mol. The second-order valence-corrected chi connectivity index (χ2v) is 17.5. The van der Waals surface area contributed by atoms with Gasteiger partial charge in [-0.25, -0.2) is 0 Å². The van der Waals surface area contributed by atoms with Crippen LogP contribution in [-0.2, 0) is 0 Å². The molecule has 1 nitrogen and oxygen atoms in total. The third-order valence-electron chi connectivity index (χ3n) is 11.7. The standard InChI is InChI=1S/C55H102N/c1-5-8-11-14-17-20-23-26-29-32-35-38-41-44-47-50-53-56(4,54-51-48-45-42-39-36-33-30-27-24-21-18-15-12-9-6-2)55-52-49-46-43-40-37-34-31-28-25-22-19-16-13-10-7-3/h17-22,26-31H,5-16,23-25,32-55H2,1-4H3/q+1/b20-17-,21-18-,22-19-,29-26-,30-27-,31-28-. The first kappa shape index (κ1) is 54.4. The molecule has 0 saturated heterocycles. The summed E-state index contributed by atoms with van der Waals surface area (Å²) in [6, 6.07) is 0. The molecule has 326 valence electrons. The zero-order chi connectivity index (χ0) is 40.6. The van der Waals surface area contributed by atoms with E-state index in [1.54, 1.807) is 0 Å². The minimum Gasteiger partial charge on any atom is -0.326 e. The maximum absolute atomic E-state index is 2.60. The summed E-state index contributed by atoms with van der Waals surface area (Å²) in [5.41, 5.74) is 0. The molecule has 0 fully saturated rings. The van der Waals surface area contributed by atoms with Gasteiger partial charge in [0, 0.05) is 0 Å². The van der Waals surface area contributed by atoms with Gasteiger partial charge in [0.25, 0.3) is 0 Å². The molecular weight excluding hydrogens is 675 g/mol. The molecule has 0 aromatic carbocycles. The van der Waals surface area contributed by atoms with Crippen molar-refractivity contribution in [3.05, 3.63) is 72.9 Å². The lowest BCUT2D eigenvalue weighted by molar-refractivity contribution is -0.910. The molecule has 0 N–H and O–H groups in total. The van der Waals surface area contributed by atoms with Gasteiger partial charge >= 0.3 is 0 Å². The average Bonchev–Trinajstić information content (AvgIpc) is 3.20. The van der Waals surface area contributed by atoms with Crippen LogP contribution in [0.4, 0.5) is 0 Å². The fourth-order valence-electron chi connectivity index (χ4n) is 7.78. The fraction of sp³-hybridized carbons (Fsp3) is 0.782. The molecule has 0 aromatic rings. The van der Waals surface area contributed by atoms with Crippen molar-refractivity contribution in [2.45, 2.75) is 252 Å². The number of quaternary nitrogens is 1. The Bertz CT molecular complexity index is 799. The molecule has 0 spiro atoms. The fourth-order valence-corrected chi connectivity index (χ4v) is 7.78. The summed E-state index contributed by atoms with van der Waals surface area (Å²) in [7, 11) is 2.60. The lowest BCUT2D eigenvalue weighted by Gasteiger charge is -2.35. The quantitative estimate of drug-likeness (QED) is 0.0328. The normalized spacial score (nSPS) is 12.9. The van der Waals surface area contributed by atoms with E-state index < -0.39 is 0 Å². The van der Waals surface area contributed by atoms with Gasteiger partial charge in [-0.15, -0.1) is 0 Å². The predicted octanol–water partition coefficient (Wildman–Crippen LogP) is 18.9. The number of nitrogens with zero attached hydrogens (tertiary/aromatic N) is 1. The third kappa shape index (κ3) is 45.1. The zero-order valence-electron chi connectivity index (χ0n) is 39.0. The summed E-state index contributed by atoms with van der Waals surface area (Å²) < 4.78 is 1.33. The van der Waals surface area contributed by atoms with Crippen LogP contribution < -0.4 is 0 Å². The van der Waals surface area contributed by atoms with E-state index in [0.717, 1.165) is 19.3 Å². The molecule has 0 amide bonds. The SMILES string of the molecule is CCCCC/C=C\C/C=C\CCCCCCCC[N+](C)(CCCCCCCC/C=C\C/C=C\CCCCC)CCCCCCCC/C=C\C/C=C\CCCCC. The van der Waals surface area contributed by atoms with Crippen LogP contribution in [0.25, 0.3) is 0 Å². The number of allylic oxidation sites excluding steroid dienone is 12. The molecule has 0 aliphatic carbocycles. The summed E-state index contributed by atoms with van der Waals surface area (Å²) in [6.07, 6.45) is 77.0. The number of unbranched alkanes of at least 4 members (excludes halogenated alkanes) is 27. The van der Waals surface area contributed by atoms with Gasteiger partial charge in [-0.2, -0.15) is 0 Å². The van der Waals surface area contributed by atoms with E-state index in [1.807, 2.05) is 0 Å². The van der Waals surface area contributed by atoms with Gasteiger partial charge in [0.1, 0.15) is 0 Å². The highest BCUT2D eigenvalue weighted by molar-refractivity contribution is 4.94. The first-order valence-corrected chi connectivity index (χ1v) is 25.4. The third-order valence-corrected chi connectivity index (χ3v) is 11.7. The molecule has 0 unspecified atom stereocenters. The molecule has 0 rings (SSSR count). The van der Waals surface area contributed by atoms with Gasteiger partial charge in [0.2, 0.25) is 0 Å². The molecule has 1 heteroatoms. The van der Waals surface area contributed by atoms with E-state index in [-0.39, 0.29) is 0 Å². The maximum atomic E-state index is 2.60. The molecule has 0 heterocycles. The highest BCUT2D eigenvalue weighted by Crippen LogP contribution is 2.17. The molecule has 0 bridgehead atoms. The smallest absolute Gasteiger partial charge is 0.0784 e. The lowest BCUT2D eigenvalue weighted by Crippen LogP contribution is -2.46. The minimum absolute atomic E-state index is 1.12. The number of hydrogen-bond acceptors (Lipinski definition) is 0. The van der Waals surface area contributed by atoms with E-state index in [0.29, 0.717) is 0 Å². The van der Waals surface area contributed by atoms with Crippen molar-refractivity contribution in [2.24, 2.45) is 0 Å². The van der Waals surface area contributed by atoms with Gasteiger partial charge in [0.05, 0.1) is 26.7 Å². The highest BCUT2D eigenvalue weighted by Gasteiger charge is 2.20. The molecule has 0 radical (unpaired) electrons. The summed E-state index contributed by atoms with van der Waals surface area (Å²) in [6.45, 7) is 11.0. The Labute approximate surface area is 354 Å². The van der Waals surface area contributed by atoms with Gasteiger partial charge in [0.15, 0.2) is 0 Å². The van der Waals surface area contributed by atoms with Crippen LogP contribution in [0.2, 0.25) is 0 Å². The van der Waals surface area contributed by atoms with Crippen molar-refractivity contribution in [2.75, 3.05) is 26.7 Å². The Hall–Kier alpha value is -1.60. The zero-order valence-corrected chi connectivity index (χ0v) is 39.0. The predicted molar refractivity (Wildman–Crippen MR) is 259 cm³/mol. The average molecular weight is 777 g/mol. The van der Waals surface area contributed by atoms with Gasteiger partial charge < -0.3 is 4.48 Å². The van der Waals surface area contributed by atoms with Gasteiger partial charge in [-0.3, -0.25) is 0 Å². The second kappa shape index (κ2) is 47.8. The minimum atomic E-state index is 1.12. The summed E-state index contributed by atoms with van der Waals surface area (Å²) in [4.78, 5) is 0. The topological polar surface area (TPSA) is 0 Å². The number of rotatable bonds is 45. The van der Waals surface area contributed by atoms with Crippen LogP contribution in [-0.4, -0.2) is 31.2 Å². The van der Waals surface area contributed by atoms with Crippen LogP contribution in [0.3, 0.4) is 0 Å². The van der Waals surface area contributed by atoms with Crippen molar-refractivity contribution in [1.29, 1.82) is 0 Å². The van der Waals surface area contributed by atoms with Crippen LogP contribution in [0.5, 0.6) is 0 Å². The molecule has 0 aliphatic rings. The number of hydrogen-bond donors (Lipinski definition) is 0. The van der Waals surface area contributed by atoms with E-state index in [1.165, 1.54) is 236 Å². The summed E-state index contributed by atoms with van der Waals surface area (Å²) in [5, 5.41) is 0. The first-order valence-electron chi connectivity index (χ1n) is 25.4. The van der Waals surface area contributed by atoms with E-state index in [2.05, 4.69) is 101 Å².